The molecule has 1 saturated heterocycles. The molecule has 0 saturated carbocycles. The summed E-state index contributed by atoms with van der Waals surface area (Å²) in [6, 6.07) is 4.61. The SMILES string of the molecule is COc1cccc(F)c1C(O)CCN1CCC(OC)CC1. The molecule has 1 unspecified atom stereocenters. The van der Waals surface area contributed by atoms with Crippen molar-refractivity contribution in [2.75, 3.05) is 33.9 Å². The van der Waals surface area contributed by atoms with Crippen LogP contribution >= 0.6 is 0 Å². The highest BCUT2D eigenvalue weighted by atomic mass is 19.1. The molecule has 1 N–H and O–H groups in total. The van der Waals surface area contributed by atoms with Gasteiger partial charge in [0.15, 0.2) is 0 Å². The van der Waals surface area contributed by atoms with E-state index in [4.69, 9.17) is 9.47 Å². The molecule has 21 heavy (non-hydrogen) atoms. The van der Waals surface area contributed by atoms with Gasteiger partial charge in [-0.15, -0.1) is 0 Å². The van der Waals surface area contributed by atoms with Gasteiger partial charge in [-0.05, 0) is 31.4 Å². The second kappa shape index (κ2) is 7.73. The van der Waals surface area contributed by atoms with E-state index in [2.05, 4.69) is 4.90 Å². The smallest absolute Gasteiger partial charge is 0.132 e. The van der Waals surface area contributed by atoms with Crippen molar-refractivity contribution >= 4 is 0 Å². The van der Waals surface area contributed by atoms with E-state index in [9.17, 15) is 9.50 Å². The first-order chi connectivity index (χ1) is 10.2. The Hall–Kier alpha value is -1.17. The molecular formula is C16H24FNO3. The van der Waals surface area contributed by atoms with Crippen molar-refractivity contribution in [1.82, 2.24) is 4.90 Å². The van der Waals surface area contributed by atoms with Gasteiger partial charge in [0, 0.05) is 26.7 Å². The molecule has 1 heterocycles. The van der Waals surface area contributed by atoms with Crippen LogP contribution < -0.4 is 4.74 Å². The molecule has 1 aliphatic heterocycles. The Kier molecular flexibility index (Phi) is 5.96. The number of ether oxygens (including phenoxy) is 2. The zero-order valence-electron chi connectivity index (χ0n) is 12.7. The maximum Gasteiger partial charge on any atom is 0.132 e. The fourth-order valence-corrected chi connectivity index (χ4v) is 2.84. The number of aliphatic hydroxyl groups excluding tert-OH is 1. The number of likely N-dealkylation sites (tertiary alicyclic amines) is 1. The van der Waals surface area contributed by atoms with Crippen molar-refractivity contribution in [2.45, 2.75) is 31.5 Å². The van der Waals surface area contributed by atoms with E-state index in [0.717, 1.165) is 32.5 Å². The molecule has 1 aromatic rings. The van der Waals surface area contributed by atoms with Gasteiger partial charge in [-0.1, -0.05) is 6.07 Å². The summed E-state index contributed by atoms with van der Waals surface area (Å²) < 4.78 is 24.4. The number of aliphatic hydroxyl groups is 1. The van der Waals surface area contributed by atoms with Crippen LogP contribution in [0, 0.1) is 5.82 Å². The third-order valence-electron chi connectivity index (χ3n) is 4.15. The van der Waals surface area contributed by atoms with Crippen LogP contribution in [0.4, 0.5) is 4.39 Å². The summed E-state index contributed by atoms with van der Waals surface area (Å²) in [5, 5.41) is 10.3. The Morgan fingerprint density at radius 2 is 2.05 bits per heavy atom. The standard InChI is InChI=1S/C16H24FNO3/c1-20-12-6-9-18(10-7-12)11-8-14(19)16-13(17)4-3-5-15(16)21-2/h3-5,12,14,19H,6-11H2,1-2H3. The van der Waals surface area contributed by atoms with E-state index in [1.165, 1.54) is 13.2 Å². The van der Waals surface area contributed by atoms with E-state index in [1.807, 2.05) is 0 Å². The number of piperidine rings is 1. The summed E-state index contributed by atoms with van der Waals surface area (Å²) in [5.74, 6) is -0.0134. The first-order valence-corrected chi connectivity index (χ1v) is 7.41. The number of hydrogen-bond donors (Lipinski definition) is 1. The predicted octanol–water partition coefficient (Wildman–Crippen LogP) is 2.37. The molecule has 0 radical (unpaired) electrons. The van der Waals surface area contributed by atoms with Crippen molar-refractivity contribution in [3.8, 4) is 5.75 Å². The molecule has 2 rings (SSSR count). The van der Waals surface area contributed by atoms with E-state index in [-0.39, 0.29) is 5.56 Å². The minimum atomic E-state index is -0.846. The maximum atomic E-state index is 13.9. The van der Waals surface area contributed by atoms with Crippen molar-refractivity contribution in [1.29, 1.82) is 0 Å². The summed E-state index contributed by atoms with van der Waals surface area (Å²) >= 11 is 0. The monoisotopic (exact) mass is 297 g/mol. The lowest BCUT2D eigenvalue weighted by Crippen LogP contribution is -2.37. The van der Waals surface area contributed by atoms with Crippen LogP contribution in [0.25, 0.3) is 0 Å². The Morgan fingerprint density at radius 1 is 1.33 bits per heavy atom. The summed E-state index contributed by atoms with van der Waals surface area (Å²) in [6.45, 7) is 2.66. The first-order valence-electron chi connectivity index (χ1n) is 7.41. The van der Waals surface area contributed by atoms with Crippen molar-refractivity contribution in [2.24, 2.45) is 0 Å². The molecule has 0 amide bonds. The molecule has 0 spiro atoms. The Morgan fingerprint density at radius 3 is 2.67 bits per heavy atom. The molecule has 118 valence electrons. The predicted molar refractivity (Wildman–Crippen MR) is 79.0 cm³/mol. The van der Waals surface area contributed by atoms with Gasteiger partial charge in [0.2, 0.25) is 0 Å². The molecule has 0 bridgehead atoms. The maximum absolute atomic E-state index is 13.9. The average Bonchev–Trinajstić information content (AvgIpc) is 2.52. The zero-order valence-corrected chi connectivity index (χ0v) is 12.7. The lowest BCUT2D eigenvalue weighted by Gasteiger charge is -2.31. The number of nitrogens with zero attached hydrogens (tertiary/aromatic N) is 1. The second-order valence-corrected chi connectivity index (χ2v) is 5.44. The molecule has 0 aliphatic carbocycles. The van der Waals surface area contributed by atoms with Gasteiger partial charge in [0.25, 0.3) is 0 Å². The lowest BCUT2D eigenvalue weighted by molar-refractivity contribution is 0.0358. The molecule has 1 fully saturated rings. The highest BCUT2D eigenvalue weighted by Gasteiger charge is 2.22. The normalized spacial score (nSPS) is 18.7. The highest BCUT2D eigenvalue weighted by molar-refractivity contribution is 5.36. The van der Waals surface area contributed by atoms with Crippen molar-refractivity contribution in [3.63, 3.8) is 0 Å². The molecule has 4 nitrogen and oxygen atoms in total. The van der Waals surface area contributed by atoms with Crippen LogP contribution in [0.5, 0.6) is 5.75 Å². The van der Waals surface area contributed by atoms with Gasteiger partial charge in [-0.25, -0.2) is 4.39 Å². The number of halogens is 1. The number of hydrogen-bond acceptors (Lipinski definition) is 4. The average molecular weight is 297 g/mol. The summed E-state index contributed by atoms with van der Waals surface area (Å²) in [6.07, 6.45) is 2.01. The van der Waals surface area contributed by atoms with Gasteiger partial charge in [0.05, 0.1) is 24.9 Å². The molecule has 1 aromatic carbocycles. The zero-order chi connectivity index (χ0) is 15.2. The summed E-state index contributed by atoms with van der Waals surface area (Å²) in [5.41, 5.74) is 0.256. The number of rotatable bonds is 6. The minimum Gasteiger partial charge on any atom is -0.496 e. The second-order valence-electron chi connectivity index (χ2n) is 5.44. The van der Waals surface area contributed by atoms with E-state index < -0.39 is 11.9 Å². The first kappa shape index (κ1) is 16.2. The Labute approximate surface area is 125 Å². The fourth-order valence-electron chi connectivity index (χ4n) is 2.84. The topological polar surface area (TPSA) is 41.9 Å². The molecule has 0 aromatic heterocycles. The summed E-state index contributed by atoms with van der Waals surface area (Å²) in [4.78, 5) is 2.28. The molecular weight excluding hydrogens is 273 g/mol. The number of benzene rings is 1. The number of methoxy groups -OCH3 is 2. The van der Waals surface area contributed by atoms with Crippen molar-refractivity contribution in [3.05, 3.63) is 29.6 Å². The third-order valence-corrected chi connectivity index (χ3v) is 4.15. The van der Waals surface area contributed by atoms with E-state index in [1.54, 1.807) is 19.2 Å². The van der Waals surface area contributed by atoms with Crippen LogP contribution in [0.3, 0.4) is 0 Å². The molecule has 1 atom stereocenters. The summed E-state index contributed by atoms with van der Waals surface area (Å²) in [7, 11) is 3.23. The van der Waals surface area contributed by atoms with Crippen molar-refractivity contribution < 1.29 is 19.0 Å². The van der Waals surface area contributed by atoms with Gasteiger partial charge < -0.3 is 19.5 Å². The van der Waals surface area contributed by atoms with Crippen LogP contribution in [0.1, 0.15) is 30.9 Å². The quantitative estimate of drug-likeness (QED) is 0.875. The highest BCUT2D eigenvalue weighted by Crippen LogP contribution is 2.30. The van der Waals surface area contributed by atoms with Crippen LogP contribution in [-0.2, 0) is 4.74 Å². The van der Waals surface area contributed by atoms with Crippen LogP contribution in [0.2, 0.25) is 0 Å². The van der Waals surface area contributed by atoms with Gasteiger partial charge >= 0.3 is 0 Å². The fraction of sp³-hybridized carbons (Fsp3) is 0.625. The minimum absolute atomic E-state index is 0.256. The lowest BCUT2D eigenvalue weighted by atomic mass is 10.0. The van der Waals surface area contributed by atoms with E-state index in [0.29, 0.717) is 18.3 Å². The van der Waals surface area contributed by atoms with Crippen LogP contribution in [0.15, 0.2) is 18.2 Å². The van der Waals surface area contributed by atoms with Gasteiger partial charge in [-0.3, -0.25) is 0 Å². The van der Waals surface area contributed by atoms with Gasteiger partial charge in [-0.2, -0.15) is 0 Å². The molecule has 1 aliphatic rings. The molecule has 5 heteroatoms. The van der Waals surface area contributed by atoms with E-state index >= 15 is 0 Å². The Balaban J connectivity index is 1.89. The van der Waals surface area contributed by atoms with Crippen LogP contribution in [-0.4, -0.2) is 50.0 Å². The Bertz CT molecular complexity index is 447. The third kappa shape index (κ3) is 4.15. The van der Waals surface area contributed by atoms with Gasteiger partial charge in [0.1, 0.15) is 11.6 Å². The largest absolute Gasteiger partial charge is 0.496 e.